The van der Waals surface area contributed by atoms with Crippen LogP contribution in [-0.2, 0) is 4.79 Å². The Labute approximate surface area is 165 Å². The molecule has 1 fully saturated rings. The fraction of sp³-hybridized carbons (Fsp3) is 0.292. The molecule has 0 bridgehead atoms. The summed E-state index contributed by atoms with van der Waals surface area (Å²) in [6.45, 7) is 1.45. The number of hydrogen-bond acceptors (Lipinski definition) is 3. The number of likely N-dealkylation sites (tertiary alicyclic amines) is 1. The second-order valence-corrected chi connectivity index (χ2v) is 7.46. The first-order chi connectivity index (χ1) is 13.7. The van der Waals surface area contributed by atoms with Crippen molar-refractivity contribution in [2.75, 3.05) is 20.2 Å². The Morgan fingerprint density at radius 2 is 1.82 bits per heavy atom. The number of hydrogen-bond donors (Lipinski definition) is 1. The quantitative estimate of drug-likeness (QED) is 0.700. The fourth-order valence-corrected chi connectivity index (χ4v) is 4.25. The van der Waals surface area contributed by atoms with E-state index in [9.17, 15) is 9.90 Å². The summed E-state index contributed by atoms with van der Waals surface area (Å²) in [4.78, 5) is 13.9. The number of fused-ring (bicyclic) bond motifs is 1. The summed E-state index contributed by atoms with van der Waals surface area (Å²) in [5.74, 6) is -0.204. The molecule has 0 aromatic heterocycles. The highest BCUT2D eigenvalue weighted by molar-refractivity contribution is 5.83. The van der Waals surface area contributed by atoms with Gasteiger partial charge in [0.25, 0.3) is 0 Å². The number of carboxylic acids is 1. The van der Waals surface area contributed by atoms with Gasteiger partial charge in [0.15, 0.2) is 0 Å². The maximum atomic E-state index is 11.6. The van der Waals surface area contributed by atoms with Crippen LogP contribution in [0.4, 0.5) is 0 Å². The number of methoxy groups -OCH3 is 1. The van der Waals surface area contributed by atoms with Crippen LogP contribution in [0.5, 0.6) is 5.75 Å². The lowest BCUT2D eigenvalue weighted by Crippen LogP contribution is -2.41. The SMILES string of the molecule is COc1cccc(C(c2ccc3ccccc3c2)N2CCCC(C(=O)O)C2)c1. The molecule has 144 valence electrons. The maximum Gasteiger partial charge on any atom is 0.307 e. The van der Waals surface area contributed by atoms with Crippen LogP contribution in [0, 0.1) is 5.92 Å². The zero-order valence-corrected chi connectivity index (χ0v) is 16.0. The van der Waals surface area contributed by atoms with Gasteiger partial charge in [0.1, 0.15) is 5.75 Å². The van der Waals surface area contributed by atoms with E-state index in [0.717, 1.165) is 30.7 Å². The summed E-state index contributed by atoms with van der Waals surface area (Å²) < 4.78 is 5.45. The molecular formula is C24H25NO3. The van der Waals surface area contributed by atoms with Gasteiger partial charge in [-0.25, -0.2) is 0 Å². The molecule has 3 aromatic carbocycles. The average molecular weight is 375 g/mol. The summed E-state index contributed by atoms with van der Waals surface area (Å²) in [7, 11) is 1.67. The van der Waals surface area contributed by atoms with Crippen LogP contribution >= 0.6 is 0 Å². The third kappa shape index (κ3) is 3.73. The summed E-state index contributed by atoms with van der Waals surface area (Å²) in [5.41, 5.74) is 2.30. The Kier molecular flexibility index (Phi) is 5.31. The van der Waals surface area contributed by atoms with Gasteiger partial charge in [-0.15, -0.1) is 0 Å². The maximum absolute atomic E-state index is 11.6. The third-order valence-electron chi connectivity index (χ3n) is 5.67. The van der Waals surface area contributed by atoms with Crippen molar-refractivity contribution in [3.63, 3.8) is 0 Å². The summed E-state index contributed by atoms with van der Waals surface area (Å²) in [6, 6.07) is 23.0. The standard InChI is InChI=1S/C24H25NO3/c1-28-22-10-4-8-19(15-22)23(25-13-5-9-21(16-25)24(26)27)20-12-11-17-6-2-3-7-18(17)14-20/h2-4,6-8,10-12,14-15,21,23H,5,9,13,16H2,1H3,(H,26,27). The van der Waals surface area contributed by atoms with Crippen LogP contribution in [0.2, 0.25) is 0 Å². The Morgan fingerprint density at radius 1 is 1.04 bits per heavy atom. The van der Waals surface area contributed by atoms with Crippen molar-refractivity contribution in [3.8, 4) is 5.75 Å². The first-order valence-electron chi connectivity index (χ1n) is 9.75. The van der Waals surface area contributed by atoms with Crippen molar-refractivity contribution in [2.45, 2.75) is 18.9 Å². The molecule has 3 aromatic rings. The first kappa shape index (κ1) is 18.5. The summed E-state index contributed by atoms with van der Waals surface area (Å²) in [5, 5.41) is 12.0. The Morgan fingerprint density at radius 3 is 2.61 bits per heavy atom. The Hall–Kier alpha value is -2.85. The molecule has 1 N–H and O–H groups in total. The number of nitrogens with zero attached hydrogens (tertiary/aromatic N) is 1. The molecule has 0 spiro atoms. The van der Waals surface area contributed by atoms with Crippen LogP contribution in [0.3, 0.4) is 0 Å². The molecule has 4 rings (SSSR count). The van der Waals surface area contributed by atoms with Crippen LogP contribution in [-0.4, -0.2) is 36.2 Å². The van der Waals surface area contributed by atoms with Gasteiger partial charge in [0.05, 0.1) is 19.1 Å². The van der Waals surface area contributed by atoms with Crippen molar-refractivity contribution in [3.05, 3.63) is 77.9 Å². The smallest absolute Gasteiger partial charge is 0.307 e. The molecule has 1 heterocycles. The monoisotopic (exact) mass is 375 g/mol. The van der Waals surface area contributed by atoms with Crippen molar-refractivity contribution in [1.82, 2.24) is 4.90 Å². The van der Waals surface area contributed by atoms with E-state index in [0.29, 0.717) is 6.54 Å². The molecule has 1 aliphatic heterocycles. The molecule has 4 heteroatoms. The first-order valence-corrected chi connectivity index (χ1v) is 9.75. The van der Waals surface area contributed by atoms with Gasteiger partial charge in [-0.2, -0.15) is 0 Å². The second-order valence-electron chi connectivity index (χ2n) is 7.46. The molecule has 2 atom stereocenters. The van der Waals surface area contributed by atoms with E-state index < -0.39 is 5.97 Å². The van der Waals surface area contributed by atoms with Gasteiger partial charge < -0.3 is 9.84 Å². The number of benzene rings is 3. The average Bonchev–Trinajstić information content (AvgIpc) is 2.74. The number of aliphatic carboxylic acids is 1. The van der Waals surface area contributed by atoms with E-state index in [4.69, 9.17) is 4.74 Å². The molecule has 0 amide bonds. The van der Waals surface area contributed by atoms with E-state index in [1.54, 1.807) is 7.11 Å². The van der Waals surface area contributed by atoms with Crippen molar-refractivity contribution < 1.29 is 14.6 Å². The zero-order valence-electron chi connectivity index (χ0n) is 16.0. The molecule has 4 nitrogen and oxygen atoms in total. The van der Waals surface area contributed by atoms with E-state index in [1.165, 1.54) is 16.3 Å². The van der Waals surface area contributed by atoms with Crippen LogP contribution in [0.25, 0.3) is 10.8 Å². The second kappa shape index (κ2) is 8.03. The van der Waals surface area contributed by atoms with Crippen molar-refractivity contribution in [2.24, 2.45) is 5.92 Å². The number of piperidine rings is 1. The minimum atomic E-state index is -0.701. The molecule has 0 radical (unpaired) electrons. The lowest BCUT2D eigenvalue weighted by atomic mass is 9.90. The lowest BCUT2D eigenvalue weighted by molar-refractivity contribution is -0.143. The molecule has 1 saturated heterocycles. The lowest BCUT2D eigenvalue weighted by Gasteiger charge is -2.37. The van der Waals surface area contributed by atoms with Gasteiger partial charge >= 0.3 is 5.97 Å². The van der Waals surface area contributed by atoms with Crippen LogP contribution < -0.4 is 4.74 Å². The van der Waals surface area contributed by atoms with E-state index in [-0.39, 0.29) is 12.0 Å². The highest BCUT2D eigenvalue weighted by Gasteiger charge is 2.31. The molecule has 1 aliphatic rings. The molecule has 28 heavy (non-hydrogen) atoms. The largest absolute Gasteiger partial charge is 0.497 e. The van der Waals surface area contributed by atoms with E-state index >= 15 is 0 Å². The van der Waals surface area contributed by atoms with Crippen molar-refractivity contribution >= 4 is 16.7 Å². The fourth-order valence-electron chi connectivity index (χ4n) is 4.25. The van der Waals surface area contributed by atoms with Gasteiger partial charge in [-0.1, -0.05) is 48.5 Å². The molecule has 2 unspecified atom stereocenters. The number of carboxylic acid groups (broad SMARTS) is 1. The highest BCUT2D eigenvalue weighted by atomic mass is 16.5. The number of ether oxygens (including phenoxy) is 1. The predicted octanol–water partition coefficient (Wildman–Crippen LogP) is 4.73. The normalized spacial score (nSPS) is 18.7. The topological polar surface area (TPSA) is 49.8 Å². The Balaban J connectivity index is 1.78. The number of rotatable bonds is 5. The van der Waals surface area contributed by atoms with Gasteiger partial charge in [-0.05, 0) is 59.5 Å². The predicted molar refractivity (Wildman–Crippen MR) is 111 cm³/mol. The highest BCUT2D eigenvalue weighted by Crippen LogP contribution is 2.35. The third-order valence-corrected chi connectivity index (χ3v) is 5.67. The number of carbonyl (C=O) groups is 1. The van der Waals surface area contributed by atoms with E-state index in [1.807, 2.05) is 24.3 Å². The van der Waals surface area contributed by atoms with Crippen LogP contribution in [0.1, 0.15) is 30.0 Å². The van der Waals surface area contributed by atoms with Gasteiger partial charge in [0, 0.05) is 6.54 Å². The van der Waals surface area contributed by atoms with Crippen molar-refractivity contribution in [1.29, 1.82) is 0 Å². The molecule has 0 saturated carbocycles. The van der Waals surface area contributed by atoms with Gasteiger partial charge in [0.2, 0.25) is 0 Å². The van der Waals surface area contributed by atoms with E-state index in [2.05, 4.69) is 47.4 Å². The molecule has 0 aliphatic carbocycles. The zero-order chi connectivity index (χ0) is 19.5. The summed E-state index contributed by atoms with van der Waals surface area (Å²) in [6.07, 6.45) is 1.64. The molecular weight excluding hydrogens is 350 g/mol. The van der Waals surface area contributed by atoms with Gasteiger partial charge in [-0.3, -0.25) is 9.69 Å². The minimum absolute atomic E-state index is 0.00172. The minimum Gasteiger partial charge on any atom is -0.497 e. The Bertz CT molecular complexity index is 984. The summed E-state index contributed by atoms with van der Waals surface area (Å²) >= 11 is 0. The van der Waals surface area contributed by atoms with Crippen LogP contribution in [0.15, 0.2) is 66.7 Å².